The molecule has 2 aromatic carbocycles. The van der Waals surface area contributed by atoms with Crippen LogP contribution in [0.2, 0.25) is 0 Å². The van der Waals surface area contributed by atoms with E-state index in [0.717, 1.165) is 4.68 Å². The monoisotopic (exact) mass is 383 g/mol. The van der Waals surface area contributed by atoms with Crippen molar-refractivity contribution in [2.45, 2.75) is 13.1 Å². The van der Waals surface area contributed by atoms with E-state index in [2.05, 4.69) is 5.10 Å². The van der Waals surface area contributed by atoms with Crippen LogP contribution in [0.5, 0.6) is 0 Å². The van der Waals surface area contributed by atoms with Crippen molar-refractivity contribution < 1.29 is 14.1 Å². The number of benzene rings is 2. The van der Waals surface area contributed by atoms with Gasteiger partial charge in [-0.05, 0) is 24.3 Å². The molecule has 3 aromatic rings. The molecule has 10 heteroatoms. The van der Waals surface area contributed by atoms with E-state index in [0.29, 0.717) is 11.5 Å². The zero-order valence-electron chi connectivity index (χ0n) is 14.5. The first kappa shape index (κ1) is 17.6. The Hall–Kier alpha value is -3.82. The second kappa shape index (κ2) is 6.72. The van der Waals surface area contributed by atoms with E-state index < -0.39 is 22.3 Å². The Kier molecular flexibility index (Phi) is 4.22. The number of halogens is 1. The number of nitro groups is 1. The van der Waals surface area contributed by atoms with E-state index in [1.807, 2.05) is 0 Å². The van der Waals surface area contributed by atoms with E-state index in [4.69, 9.17) is 0 Å². The number of amides is 1. The molecule has 142 valence electrons. The second-order valence-electron chi connectivity index (χ2n) is 6.24. The number of aromatic nitrogens is 3. The minimum Gasteiger partial charge on any atom is -0.329 e. The molecule has 1 amide bonds. The van der Waals surface area contributed by atoms with Gasteiger partial charge < -0.3 is 4.90 Å². The van der Waals surface area contributed by atoms with Crippen LogP contribution in [0.15, 0.2) is 53.3 Å². The molecule has 0 unspecified atom stereocenters. The molecule has 0 saturated heterocycles. The first-order valence-corrected chi connectivity index (χ1v) is 8.43. The van der Waals surface area contributed by atoms with Gasteiger partial charge in [0.1, 0.15) is 5.82 Å². The van der Waals surface area contributed by atoms with E-state index >= 15 is 0 Å². The van der Waals surface area contributed by atoms with Crippen LogP contribution in [0, 0.1) is 15.9 Å². The molecule has 1 aromatic heterocycles. The van der Waals surface area contributed by atoms with Gasteiger partial charge in [-0.2, -0.15) is 4.68 Å². The lowest BCUT2D eigenvalue weighted by Crippen LogP contribution is -2.41. The predicted molar refractivity (Wildman–Crippen MR) is 95.6 cm³/mol. The zero-order chi connectivity index (χ0) is 19.8. The average Bonchev–Trinajstić information content (AvgIpc) is 3.04. The van der Waals surface area contributed by atoms with E-state index in [9.17, 15) is 24.1 Å². The van der Waals surface area contributed by atoms with Crippen LogP contribution in [0.3, 0.4) is 0 Å². The summed E-state index contributed by atoms with van der Waals surface area (Å²) in [4.78, 5) is 36.9. The largest absolute Gasteiger partial charge is 0.350 e. The highest BCUT2D eigenvalue weighted by Gasteiger charge is 2.27. The van der Waals surface area contributed by atoms with Crippen molar-refractivity contribution >= 4 is 11.6 Å². The highest BCUT2D eigenvalue weighted by Crippen LogP contribution is 2.17. The molecule has 0 aliphatic carbocycles. The molecular formula is C18H14FN5O4. The summed E-state index contributed by atoms with van der Waals surface area (Å²) in [6, 6.07) is 11.2. The van der Waals surface area contributed by atoms with Gasteiger partial charge in [0, 0.05) is 25.2 Å². The molecule has 0 spiro atoms. The van der Waals surface area contributed by atoms with Crippen molar-refractivity contribution in [3.05, 3.63) is 86.3 Å². The normalized spacial score (nSPS) is 13.2. The van der Waals surface area contributed by atoms with Gasteiger partial charge in [0.25, 0.3) is 11.6 Å². The van der Waals surface area contributed by atoms with Crippen molar-refractivity contribution in [1.82, 2.24) is 19.2 Å². The number of non-ortho nitro benzene ring substituents is 1. The maximum atomic E-state index is 13.9. The summed E-state index contributed by atoms with van der Waals surface area (Å²) in [6.45, 7) is 0.524. The molecule has 0 radical (unpaired) electrons. The first-order chi connectivity index (χ1) is 13.5. The molecule has 0 saturated carbocycles. The Balaban J connectivity index is 1.63. The van der Waals surface area contributed by atoms with Crippen LogP contribution in [-0.2, 0) is 13.1 Å². The van der Waals surface area contributed by atoms with Crippen molar-refractivity contribution in [1.29, 1.82) is 0 Å². The third-order valence-electron chi connectivity index (χ3n) is 4.56. The Bertz CT molecular complexity index is 1140. The summed E-state index contributed by atoms with van der Waals surface area (Å²) in [7, 11) is 0. The number of fused-ring (bicyclic) bond motifs is 1. The lowest BCUT2D eigenvalue weighted by Gasteiger charge is -2.26. The number of rotatable bonds is 3. The van der Waals surface area contributed by atoms with Gasteiger partial charge in [0.15, 0.2) is 5.82 Å². The third-order valence-corrected chi connectivity index (χ3v) is 4.56. The maximum Gasteiger partial charge on any atom is 0.350 e. The molecule has 0 fully saturated rings. The van der Waals surface area contributed by atoms with Crippen LogP contribution in [-0.4, -0.2) is 36.6 Å². The fourth-order valence-electron chi connectivity index (χ4n) is 3.11. The summed E-state index contributed by atoms with van der Waals surface area (Å²) >= 11 is 0. The van der Waals surface area contributed by atoms with E-state index in [1.54, 1.807) is 6.07 Å². The number of nitro benzene ring substituents is 1. The molecule has 1 aliphatic heterocycles. The average molecular weight is 383 g/mol. The smallest absolute Gasteiger partial charge is 0.329 e. The summed E-state index contributed by atoms with van der Waals surface area (Å²) in [5.74, 6) is -0.715. The Morgan fingerprint density at radius 2 is 1.82 bits per heavy atom. The Morgan fingerprint density at radius 3 is 2.50 bits per heavy atom. The fraction of sp³-hybridized carbons (Fsp3) is 0.167. The Morgan fingerprint density at radius 1 is 1.11 bits per heavy atom. The van der Waals surface area contributed by atoms with Gasteiger partial charge in [-0.25, -0.2) is 9.18 Å². The van der Waals surface area contributed by atoms with Crippen molar-refractivity contribution in [2.75, 3.05) is 6.54 Å². The minimum absolute atomic E-state index is 0.0342. The van der Waals surface area contributed by atoms with Crippen LogP contribution < -0.4 is 5.69 Å². The number of carbonyl (C=O) groups excluding carboxylic acids is 1. The number of carbonyl (C=O) groups is 1. The highest BCUT2D eigenvalue weighted by molar-refractivity contribution is 5.94. The molecule has 9 nitrogen and oxygen atoms in total. The van der Waals surface area contributed by atoms with Crippen LogP contribution in [0.25, 0.3) is 5.69 Å². The molecule has 28 heavy (non-hydrogen) atoms. The maximum absolute atomic E-state index is 13.9. The highest BCUT2D eigenvalue weighted by atomic mass is 19.1. The van der Waals surface area contributed by atoms with Gasteiger partial charge in [0.2, 0.25) is 0 Å². The van der Waals surface area contributed by atoms with Crippen molar-refractivity contribution in [3.8, 4) is 5.69 Å². The minimum atomic E-state index is -0.605. The first-order valence-electron chi connectivity index (χ1n) is 8.43. The van der Waals surface area contributed by atoms with Gasteiger partial charge in [-0.3, -0.25) is 19.5 Å². The van der Waals surface area contributed by atoms with Crippen molar-refractivity contribution in [3.63, 3.8) is 0 Å². The van der Waals surface area contributed by atoms with Gasteiger partial charge in [-0.1, -0.05) is 12.1 Å². The summed E-state index contributed by atoms with van der Waals surface area (Å²) in [5, 5.41) is 15.0. The molecular weight excluding hydrogens is 369 g/mol. The van der Waals surface area contributed by atoms with Crippen LogP contribution >= 0.6 is 0 Å². The quantitative estimate of drug-likeness (QED) is 0.506. The summed E-state index contributed by atoms with van der Waals surface area (Å²) < 4.78 is 16.5. The van der Waals surface area contributed by atoms with Gasteiger partial charge in [0.05, 0.1) is 22.7 Å². The molecule has 1 aliphatic rings. The fourth-order valence-corrected chi connectivity index (χ4v) is 3.11. The number of hydrogen-bond donors (Lipinski definition) is 0. The topological polar surface area (TPSA) is 103 Å². The van der Waals surface area contributed by atoms with Gasteiger partial charge in [-0.15, -0.1) is 5.10 Å². The Labute approximate surface area is 157 Å². The lowest BCUT2D eigenvalue weighted by atomic mass is 10.1. The third kappa shape index (κ3) is 2.94. The molecule has 0 bridgehead atoms. The zero-order valence-corrected chi connectivity index (χ0v) is 14.5. The SMILES string of the molecule is O=C(c1ccccc1F)N1CCn2c(nn(-c3ccc([N+](=O)[O-])cc3)c2=O)C1. The number of nitrogens with zero attached hydrogens (tertiary/aromatic N) is 5. The molecule has 4 rings (SSSR count). The lowest BCUT2D eigenvalue weighted by molar-refractivity contribution is -0.384. The van der Waals surface area contributed by atoms with Crippen molar-refractivity contribution in [2.24, 2.45) is 0 Å². The molecule has 2 heterocycles. The summed E-state index contributed by atoms with van der Waals surface area (Å²) in [6.07, 6.45) is 0. The van der Waals surface area contributed by atoms with Crippen LogP contribution in [0.1, 0.15) is 16.2 Å². The van der Waals surface area contributed by atoms with Crippen LogP contribution in [0.4, 0.5) is 10.1 Å². The predicted octanol–water partition coefficient (Wildman–Crippen LogP) is 1.74. The standard InChI is InChI=1S/C18H14FN5O4/c19-15-4-2-1-3-14(15)17(25)21-9-10-22-16(11-21)20-23(18(22)26)12-5-7-13(8-6-12)24(27)28/h1-8H,9-11H2. The second-order valence-corrected chi connectivity index (χ2v) is 6.24. The molecule has 0 N–H and O–H groups in total. The summed E-state index contributed by atoms with van der Waals surface area (Å²) in [5.41, 5.74) is -0.151. The van der Waals surface area contributed by atoms with E-state index in [1.165, 1.54) is 51.9 Å². The number of hydrogen-bond acceptors (Lipinski definition) is 5. The van der Waals surface area contributed by atoms with Gasteiger partial charge >= 0.3 is 5.69 Å². The van der Waals surface area contributed by atoms with E-state index in [-0.39, 0.29) is 30.9 Å². The molecule has 0 atom stereocenters.